The molecule has 7 nitrogen and oxygen atoms in total. The zero-order valence-corrected chi connectivity index (χ0v) is 18.0. The van der Waals surface area contributed by atoms with Gasteiger partial charge in [-0.3, -0.25) is 9.79 Å². The van der Waals surface area contributed by atoms with Crippen LogP contribution < -0.4 is 5.32 Å². The van der Waals surface area contributed by atoms with Crippen LogP contribution in [0.3, 0.4) is 0 Å². The van der Waals surface area contributed by atoms with Crippen molar-refractivity contribution in [1.29, 1.82) is 0 Å². The van der Waals surface area contributed by atoms with Gasteiger partial charge < -0.3 is 24.6 Å². The lowest BCUT2D eigenvalue weighted by Crippen LogP contribution is -2.47. The SMILES string of the molecule is CCNC(=NCCCN1CCCCCC1=O)N1CCC(OCCCOC)CC1. The first-order valence-corrected chi connectivity index (χ1v) is 11.2. The van der Waals surface area contributed by atoms with Gasteiger partial charge in [-0.25, -0.2) is 0 Å². The first-order valence-electron chi connectivity index (χ1n) is 11.2. The highest BCUT2D eigenvalue weighted by atomic mass is 16.5. The highest BCUT2D eigenvalue weighted by Gasteiger charge is 2.22. The van der Waals surface area contributed by atoms with Crippen molar-refractivity contribution < 1.29 is 14.3 Å². The quantitative estimate of drug-likeness (QED) is 0.349. The Hall–Kier alpha value is -1.34. The maximum atomic E-state index is 12.1. The Morgan fingerprint density at radius 1 is 1.14 bits per heavy atom. The second kappa shape index (κ2) is 13.8. The van der Waals surface area contributed by atoms with Gasteiger partial charge in [-0.15, -0.1) is 0 Å². The number of aliphatic imine (C=N–C) groups is 1. The van der Waals surface area contributed by atoms with E-state index in [2.05, 4.69) is 17.1 Å². The van der Waals surface area contributed by atoms with Crippen molar-refractivity contribution in [2.24, 2.45) is 4.99 Å². The van der Waals surface area contributed by atoms with E-state index in [4.69, 9.17) is 14.5 Å². The molecule has 1 amide bonds. The molecule has 2 heterocycles. The van der Waals surface area contributed by atoms with Crippen LogP contribution in [0.25, 0.3) is 0 Å². The number of hydrogen-bond acceptors (Lipinski definition) is 4. The highest BCUT2D eigenvalue weighted by molar-refractivity contribution is 5.80. The van der Waals surface area contributed by atoms with Crippen molar-refractivity contribution in [3.8, 4) is 0 Å². The van der Waals surface area contributed by atoms with Gasteiger partial charge in [0.05, 0.1) is 6.10 Å². The van der Waals surface area contributed by atoms with E-state index in [0.717, 1.165) is 97.0 Å². The smallest absolute Gasteiger partial charge is 0.222 e. The number of carbonyl (C=O) groups is 1. The molecule has 0 aromatic carbocycles. The Kier molecular flexibility index (Phi) is 11.3. The number of ether oxygens (including phenoxy) is 2. The molecule has 0 atom stereocenters. The molecular weight excluding hydrogens is 356 g/mol. The number of methoxy groups -OCH3 is 1. The second-order valence-electron chi connectivity index (χ2n) is 7.68. The Bertz CT molecular complexity index is 465. The van der Waals surface area contributed by atoms with Crippen LogP contribution in [0.15, 0.2) is 4.99 Å². The molecule has 7 heteroatoms. The van der Waals surface area contributed by atoms with E-state index in [1.54, 1.807) is 7.11 Å². The molecule has 0 saturated carbocycles. The first kappa shape index (κ1) is 22.9. The van der Waals surface area contributed by atoms with E-state index in [1.165, 1.54) is 6.42 Å². The van der Waals surface area contributed by atoms with Gasteiger partial charge in [-0.05, 0) is 45.4 Å². The summed E-state index contributed by atoms with van der Waals surface area (Å²) in [6.07, 6.45) is 8.40. The molecule has 0 spiro atoms. The Morgan fingerprint density at radius 2 is 1.96 bits per heavy atom. The number of hydrogen-bond donors (Lipinski definition) is 1. The maximum Gasteiger partial charge on any atom is 0.222 e. The Labute approximate surface area is 170 Å². The van der Waals surface area contributed by atoms with Gasteiger partial charge in [-0.2, -0.15) is 0 Å². The molecule has 162 valence electrons. The summed E-state index contributed by atoms with van der Waals surface area (Å²) in [4.78, 5) is 21.3. The zero-order valence-electron chi connectivity index (χ0n) is 18.0. The second-order valence-corrected chi connectivity index (χ2v) is 7.68. The minimum Gasteiger partial charge on any atom is -0.385 e. The van der Waals surface area contributed by atoms with E-state index in [0.29, 0.717) is 18.4 Å². The number of carbonyl (C=O) groups excluding carboxylic acids is 1. The van der Waals surface area contributed by atoms with Crippen molar-refractivity contribution in [3.63, 3.8) is 0 Å². The fraction of sp³-hybridized carbons (Fsp3) is 0.905. The number of rotatable bonds is 10. The van der Waals surface area contributed by atoms with Crippen molar-refractivity contribution in [2.75, 3.05) is 59.6 Å². The summed E-state index contributed by atoms with van der Waals surface area (Å²) in [5.41, 5.74) is 0. The minimum atomic E-state index is 0.320. The lowest BCUT2D eigenvalue weighted by Gasteiger charge is -2.34. The summed E-state index contributed by atoms with van der Waals surface area (Å²) in [7, 11) is 1.73. The molecule has 2 aliphatic heterocycles. The normalized spacial score (nSPS) is 19.8. The average Bonchev–Trinajstić information content (AvgIpc) is 2.92. The molecule has 2 rings (SSSR count). The van der Waals surface area contributed by atoms with Gasteiger partial charge in [0.15, 0.2) is 5.96 Å². The molecule has 0 radical (unpaired) electrons. The van der Waals surface area contributed by atoms with E-state index < -0.39 is 0 Å². The molecule has 0 unspecified atom stereocenters. The molecule has 28 heavy (non-hydrogen) atoms. The van der Waals surface area contributed by atoms with Crippen molar-refractivity contribution in [3.05, 3.63) is 0 Å². The van der Waals surface area contributed by atoms with Crippen LogP contribution in [-0.4, -0.2) is 87.4 Å². The lowest BCUT2D eigenvalue weighted by atomic mass is 10.1. The van der Waals surface area contributed by atoms with Crippen LogP contribution in [0, 0.1) is 0 Å². The molecule has 2 saturated heterocycles. The van der Waals surface area contributed by atoms with Crippen LogP contribution in [0.2, 0.25) is 0 Å². The third-order valence-electron chi connectivity index (χ3n) is 5.44. The monoisotopic (exact) mass is 396 g/mol. The molecule has 0 aliphatic carbocycles. The molecule has 1 N–H and O–H groups in total. The summed E-state index contributed by atoms with van der Waals surface area (Å²) < 4.78 is 11.0. The fourth-order valence-electron chi connectivity index (χ4n) is 3.83. The summed E-state index contributed by atoms with van der Waals surface area (Å²) in [6.45, 7) is 8.99. The predicted molar refractivity (Wildman–Crippen MR) is 113 cm³/mol. The largest absolute Gasteiger partial charge is 0.385 e. The van der Waals surface area contributed by atoms with Crippen molar-refractivity contribution in [1.82, 2.24) is 15.1 Å². The van der Waals surface area contributed by atoms with Crippen LogP contribution in [-0.2, 0) is 14.3 Å². The third-order valence-corrected chi connectivity index (χ3v) is 5.44. The predicted octanol–water partition coefficient (Wildman–Crippen LogP) is 2.26. The van der Waals surface area contributed by atoms with E-state index in [-0.39, 0.29) is 0 Å². The Balaban J connectivity index is 1.70. The number of amides is 1. The molecule has 0 bridgehead atoms. The fourth-order valence-corrected chi connectivity index (χ4v) is 3.83. The van der Waals surface area contributed by atoms with Gasteiger partial charge >= 0.3 is 0 Å². The highest BCUT2D eigenvalue weighted by Crippen LogP contribution is 2.15. The molecule has 0 aromatic rings. The number of nitrogens with one attached hydrogen (secondary N) is 1. The van der Waals surface area contributed by atoms with Gasteiger partial charge in [0.1, 0.15) is 0 Å². The Morgan fingerprint density at radius 3 is 2.71 bits per heavy atom. The summed E-state index contributed by atoms with van der Waals surface area (Å²) in [5, 5.41) is 3.42. The van der Waals surface area contributed by atoms with Gasteiger partial charge in [0.2, 0.25) is 5.91 Å². The van der Waals surface area contributed by atoms with Crippen LogP contribution in [0.1, 0.15) is 58.3 Å². The van der Waals surface area contributed by atoms with Crippen LogP contribution in [0.5, 0.6) is 0 Å². The number of likely N-dealkylation sites (tertiary alicyclic amines) is 2. The topological polar surface area (TPSA) is 66.4 Å². The standard InChI is InChI=1S/C21H40N4O3/c1-3-22-21(23-12-7-14-24-13-6-4-5-9-20(24)26)25-15-10-19(11-16-25)28-18-8-17-27-2/h19H,3-18H2,1-2H3,(H,22,23). The first-order chi connectivity index (χ1) is 13.7. The number of piperidine rings is 1. The number of nitrogens with zero attached hydrogens (tertiary/aromatic N) is 3. The maximum absolute atomic E-state index is 12.1. The number of guanidine groups is 1. The van der Waals surface area contributed by atoms with Crippen molar-refractivity contribution >= 4 is 11.9 Å². The van der Waals surface area contributed by atoms with Crippen LogP contribution in [0.4, 0.5) is 0 Å². The van der Waals surface area contributed by atoms with E-state index in [1.807, 2.05) is 4.90 Å². The summed E-state index contributed by atoms with van der Waals surface area (Å²) >= 11 is 0. The van der Waals surface area contributed by atoms with Gasteiger partial charge in [0.25, 0.3) is 0 Å². The van der Waals surface area contributed by atoms with Crippen molar-refractivity contribution in [2.45, 2.75) is 64.4 Å². The summed E-state index contributed by atoms with van der Waals surface area (Å²) in [5.74, 6) is 1.32. The molecule has 2 aliphatic rings. The molecular formula is C21H40N4O3. The van der Waals surface area contributed by atoms with E-state index in [9.17, 15) is 4.79 Å². The molecule has 0 aromatic heterocycles. The minimum absolute atomic E-state index is 0.320. The third kappa shape index (κ3) is 8.35. The van der Waals surface area contributed by atoms with Gasteiger partial charge in [0, 0.05) is 66.0 Å². The van der Waals surface area contributed by atoms with E-state index >= 15 is 0 Å². The van der Waals surface area contributed by atoms with Gasteiger partial charge in [-0.1, -0.05) is 6.42 Å². The average molecular weight is 397 g/mol. The zero-order chi connectivity index (χ0) is 20.0. The van der Waals surface area contributed by atoms with Crippen LogP contribution >= 0.6 is 0 Å². The molecule has 2 fully saturated rings. The summed E-state index contributed by atoms with van der Waals surface area (Å²) in [6, 6.07) is 0. The lowest BCUT2D eigenvalue weighted by molar-refractivity contribution is -0.130.